The van der Waals surface area contributed by atoms with Gasteiger partial charge in [-0.15, -0.1) is 0 Å². The van der Waals surface area contributed by atoms with E-state index in [2.05, 4.69) is 10.6 Å². The second-order valence-corrected chi connectivity index (χ2v) is 5.07. The Morgan fingerprint density at radius 1 is 1.50 bits per heavy atom. The summed E-state index contributed by atoms with van der Waals surface area (Å²) in [7, 11) is 0. The molecule has 0 aromatic rings. The van der Waals surface area contributed by atoms with Gasteiger partial charge in [-0.05, 0) is 37.8 Å². The maximum Gasteiger partial charge on any atom is 0.303 e. The number of carbonyl (C=O) groups is 2. The zero-order valence-corrected chi connectivity index (χ0v) is 11.1. The molecule has 5 heteroatoms. The number of aliphatic carboxylic acids is 1. The van der Waals surface area contributed by atoms with Gasteiger partial charge in [-0.2, -0.15) is 0 Å². The summed E-state index contributed by atoms with van der Waals surface area (Å²) in [6.07, 6.45) is 3.54. The van der Waals surface area contributed by atoms with Crippen LogP contribution in [0.4, 0.5) is 0 Å². The Bertz CT molecular complexity index is 275. The number of hydrogen-bond acceptors (Lipinski definition) is 3. The van der Waals surface area contributed by atoms with Crippen LogP contribution in [-0.2, 0) is 9.59 Å². The first-order chi connectivity index (χ1) is 8.61. The Morgan fingerprint density at radius 3 is 2.83 bits per heavy atom. The summed E-state index contributed by atoms with van der Waals surface area (Å²) in [5, 5.41) is 14.8. The molecule has 2 unspecified atom stereocenters. The van der Waals surface area contributed by atoms with Crippen LogP contribution in [-0.4, -0.2) is 36.6 Å². The predicted molar refractivity (Wildman–Crippen MR) is 69.3 cm³/mol. The summed E-state index contributed by atoms with van der Waals surface area (Å²) in [6.45, 7) is 4.50. The topological polar surface area (TPSA) is 78.4 Å². The van der Waals surface area contributed by atoms with Crippen LogP contribution < -0.4 is 10.6 Å². The van der Waals surface area contributed by atoms with E-state index in [0.29, 0.717) is 18.9 Å². The smallest absolute Gasteiger partial charge is 0.303 e. The summed E-state index contributed by atoms with van der Waals surface area (Å²) in [5.41, 5.74) is 0. The molecule has 2 atom stereocenters. The lowest BCUT2D eigenvalue weighted by molar-refractivity contribution is -0.138. The molecule has 0 saturated carbocycles. The lowest BCUT2D eigenvalue weighted by Crippen LogP contribution is -2.30. The van der Waals surface area contributed by atoms with Crippen LogP contribution in [0.5, 0.6) is 0 Å². The first kappa shape index (κ1) is 15.0. The molecule has 1 rings (SSSR count). The summed E-state index contributed by atoms with van der Waals surface area (Å²) >= 11 is 0. The molecule has 1 saturated heterocycles. The lowest BCUT2D eigenvalue weighted by Gasteiger charge is -2.14. The van der Waals surface area contributed by atoms with E-state index in [1.54, 1.807) is 0 Å². The number of carboxylic acids is 1. The minimum atomic E-state index is -0.798. The van der Waals surface area contributed by atoms with Crippen LogP contribution in [0, 0.1) is 11.8 Å². The molecule has 0 radical (unpaired) electrons. The van der Waals surface area contributed by atoms with Crippen molar-refractivity contribution in [2.45, 2.75) is 39.0 Å². The van der Waals surface area contributed by atoms with Crippen molar-refractivity contribution in [2.24, 2.45) is 11.8 Å². The fourth-order valence-electron chi connectivity index (χ4n) is 2.25. The van der Waals surface area contributed by atoms with Gasteiger partial charge in [0.1, 0.15) is 0 Å². The van der Waals surface area contributed by atoms with Crippen molar-refractivity contribution >= 4 is 11.9 Å². The molecule has 18 heavy (non-hydrogen) atoms. The molecule has 104 valence electrons. The molecule has 0 aromatic carbocycles. The Kier molecular flexibility index (Phi) is 6.72. The Morgan fingerprint density at radius 2 is 2.28 bits per heavy atom. The average Bonchev–Trinajstić information content (AvgIpc) is 2.84. The van der Waals surface area contributed by atoms with Crippen molar-refractivity contribution in [3.05, 3.63) is 0 Å². The van der Waals surface area contributed by atoms with Crippen LogP contribution in [0.3, 0.4) is 0 Å². The molecule has 0 aromatic heterocycles. The standard InChI is InChI=1S/C13H24N2O3/c1-2-10(7-13(17)18)9-15-12(16)4-3-11-5-6-14-8-11/h10-11,14H,2-9H2,1H3,(H,15,16)(H,17,18). The first-order valence-corrected chi connectivity index (χ1v) is 6.81. The Hall–Kier alpha value is -1.10. The number of carboxylic acid groups (broad SMARTS) is 1. The van der Waals surface area contributed by atoms with E-state index in [1.165, 1.54) is 0 Å². The van der Waals surface area contributed by atoms with Crippen LogP contribution in [0.1, 0.15) is 39.0 Å². The van der Waals surface area contributed by atoms with E-state index in [9.17, 15) is 9.59 Å². The second kappa shape index (κ2) is 8.08. The molecule has 1 amide bonds. The molecule has 0 spiro atoms. The van der Waals surface area contributed by atoms with Gasteiger partial charge >= 0.3 is 5.97 Å². The lowest BCUT2D eigenvalue weighted by atomic mass is 10.0. The first-order valence-electron chi connectivity index (χ1n) is 6.81. The van der Waals surface area contributed by atoms with E-state index >= 15 is 0 Å². The zero-order valence-electron chi connectivity index (χ0n) is 11.1. The summed E-state index contributed by atoms with van der Waals surface area (Å²) < 4.78 is 0. The van der Waals surface area contributed by atoms with Crippen molar-refractivity contribution in [3.8, 4) is 0 Å². The van der Waals surface area contributed by atoms with Gasteiger partial charge in [0.2, 0.25) is 5.91 Å². The Balaban J connectivity index is 2.12. The molecule has 1 aliphatic heterocycles. The Labute approximate surface area is 108 Å². The van der Waals surface area contributed by atoms with Gasteiger partial charge in [-0.3, -0.25) is 9.59 Å². The van der Waals surface area contributed by atoms with Crippen molar-refractivity contribution in [3.63, 3.8) is 0 Å². The molecule has 1 fully saturated rings. The summed E-state index contributed by atoms with van der Waals surface area (Å²) in [4.78, 5) is 22.2. The third kappa shape index (κ3) is 6.00. The second-order valence-electron chi connectivity index (χ2n) is 5.07. The van der Waals surface area contributed by atoms with Gasteiger partial charge in [0.25, 0.3) is 0 Å². The SMILES string of the molecule is CCC(CNC(=O)CCC1CCNC1)CC(=O)O. The fourth-order valence-corrected chi connectivity index (χ4v) is 2.25. The van der Waals surface area contributed by atoms with Crippen molar-refractivity contribution in [1.29, 1.82) is 0 Å². The van der Waals surface area contributed by atoms with E-state index in [4.69, 9.17) is 5.11 Å². The molecule has 1 heterocycles. The summed E-state index contributed by atoms with van der Waals surface area (Å²) in [5.74, 6) is -0.0878. The molecule has 5 nitrogen and oxygen atoms in total. The minimum Gasteiger partial charge on any atom is -0.481 e. The van der Waals surface area contributed by atoms with Crippen molar-refractivity contribution < 1.29 is 14.7 Å². The third-order valence-corrected chi connectivity index (χ3v) is 3.57. The highest BCUT2D eigenvalue weighted by Crippen LogP contribution is 2.14. The zero-order chi connectivity index (χ0) is 13.4. The largest absolute Gasteiger partial charge is 0.481 e. The third-order valence-electron chi connectivity index (χ3n) is 3.57. The van der Waals surface area contributed by atoms with Crippen LogP contribution in [0.2, 0.25) is 0 Å². The van der Waals surface area contributed by atoms with Gasteiger partial charge < -0.3 is 15.7 Å². The predicted octanol–water partition coefficient (Wildman–Crippen LogP) is 0.993. The quantitative estimate of drug-likeness (QED) is 0.605. The van der Waals surface area contributed by atoms with Gasteiger partial charge in [-0.1, -0.05) is 13.3 Å². The molecule has 1 aliphatic rings. The number of nitrogens with one attached hydrogen (secondary N) is 2. The van der Waals surface area contributed by atoms with Gasteiger partial charge in [-0.25, -0.2) is 0 Å². The highest BCUT2D eigenvalue weighted by Gasteiger charge is 2.16. The van der Waals surface area contributed by atoms with Gasteiger partial charge in [0.05, 0.1) is 0 Å². The highest BCUT2D eigenvalue weighted by atomic mass is 16.4. The van der Waals surface area contributed by atoms with Crippen LogP contribution in [0.15, 0.2) is 0 Å². The minimum absolute atomic E-state index is 0.0413. The van der Waals surface area contributed by atoms with Gasteiger partial charge in [0.15, 0.2) is 0 Å². The van der Waals surface area contributed by atoms with Crippen molar-refractivity contribution in [1.82, 2.24) is 10.6 Å². The average molecular weight is 256 g/mol. The van der Waals surface area contributed by atoms with E-state index in [-0.39, 0.29) is 18.2 Å². The fraction of sp³-hybridized carbons (Fsp3) is 0.846. The molecule has 0 bridgehead atoms. The normalized spacial score (nSPS) is 20.6. The number of amides is 1. The van der Waals surface area contributed by atoms with Crippen LogP contribution in [0.25, 0.3) is 0 Å². The molecule has 3 N–H and O–H groups in total. The van der Waals surface area contributed by atoms with E-state index in [1.807, 2.05) is 6.92 Å². The number of rotatable bonds is 8. The van der Waals surface area contributed by atoms with Gasteiger partial charge in [0, 0.05) is 19.4 Å². The van der Waals surface area contributed by atoms with E-state index in [0.717, 1.165) is 32.4 Å². The van der Waals surface area contributed by atoms with Crippen LogP contribution >= 0.6 is 0 Å². The number of carbonyl (C=O) groups excluding carboxylic acids is 1. The van der Waals surface area contributed by atoms with E-state index < -0.39 is 5.97 Å². The maximum absolute atomic E-state index is 11.6. The number of hydrogen-bond donors (Lipinski definition) is 3. The van der Waals surface area contributed by atoms with Crippen molar-refractivity contribution in [2.75, 3.05) is 19.6 Å². The maximum atomic E-state index is 11.6. The monoisotopic (exact) mass is 256 g/mol. The molecule has 0 aliphatic carbocycles. The highest BCUT2D eigenvalue weighted by molar-refractivity contribution is 5.76. The molecular weight excluding hydrogens is 232 g/mol. The molecular formula is C13H24N2O3. The summed E-state index contributed by atoms with van der Waals surface area (Å²) in [6, 6.07) is 0.